The Balaban J connectivity index is 2.76. The molecule has 0 amide bonds. The summed E-state index contributed by atoms with van der Waals surface area (Å²) in [7, 11) is 0. The second kappa shape index (κ2) is 4.63. The molecule has 16 heavy (non-hydrogen) atoms. The second-order valence-corrected chi connectivity index (χ2v) is 6.36. The largest absolute Gasteiger partial charge is 0.389 e. The Hall–Kier alpha value is -0.740. The third kappa shape index (κ3) is 3.68. The highest BCUT2D eigenvalue weighted by molar-refractivity contribution is 7.09. The molecular weight excluding hydrogens is 222 g/mol. The van der Waals surface area contributed by atoms with Gasteiger partial charge in [-0.05, 0) is 6.92 Å². The molecule has 0 aliphatic rings. The number of hydrogen-bond donors (Lipinski definition) is 1. The average molecular weight is 241 g/mol. The first kappa shape index (κ1) is 13.3. The van der Waals surface area contributed by atoms with Crippen LogP contribution in [0.5, 0.6) is 0 Å². The first-order valence-electron chi connectivity index (χ1n) is 5.35. The molecule has 1 unspecified atom stereocenters. The summed E-state index contributed by atoms with van der Waals surface area (Å²) in [5.41, 5.74) is 0.0921. The number of hydrogen-bond acceptors (Lipinski definition) is 4. The van der Waals surface area contributed by atoms with Gasteiger partial charge in [-0.25, -0.2) is 4.98 Å². The molecule has 3 nitrogen and oxygen atoms in total. The van der Waals surface area contributed by atoms with Gasteiger partial charge >= 0.3 is 0 Å². The zero-order chi connectivity index (χ0) is 12.4. The summed E-state index contributed by atoms with van der Waals surface area (Å²) >= 11 is 1.54. The maximum absolute atomic E-state index is 10.4. The number of carbonyl (C=O) groups excluding carboxylic acids is 1. The van der Waals surface area contributed by atoms with Crippen LogP contribution in [0.15, 0.2) is 5.38 Å². The Morgan fingerprint density at radius 3 is 2.50 bits per heavy atom. The van der Waals surface area contributed by atoms with E-state index in [1.807, 2.05) is 5.38 Å². The number of carbonyl (C=O) groups is 1. The second-order valence-electron chi connectivity index (χ2n) is 5.42. The fraction of sp³-hybridized carbons (Fsp3) is 0.667. The van der Waals surface area contributed by atoms with Crippen molar-refractivity contribution >= 4 is 17.6 Å². The van der Waals surface area contributed by atoms with E-state index < -0.39 is 5.60 Å². The molecule has 0 aliphatic carbocycles. The van der Waals surface area contributed by atoms with Gasteiger partial charge in [0.25, 0.3) is 0 Å². The molecule has 0 saturated heterocycles. The van der Waals surface area contributed by atoms with Crippen LogP contribution in [0.25, 0.3) is 0 Å². The summed E-state index contributed by atoms with van der Waals surface area (Å²) in [6.07, 6.45) is 1.34. The van der Waals surface area contributed by atoms with Gasteiger partial charge < -0.3 is 9.90 Å². The lowest BCUT2D eigenvalue weighted by Crippen LogP contribution is -2.27. The van der Waals surface area contributed by atoms with E-state index in [1.165, 1.54) is 0 Å². The lowest BCUT2D eigenvalue weighted by molar-refractivity contribution is -0.111. The maximum Gasteiger partial charge on any atom is 0.122 e. The fourth-order valence-electron chi connectivity index (χ4n) is 1.31. The molecule has 4 heteroatoms. The van der Waals surface area contributed by atoms with Gasteiger partial charge in [-0.2, -0.15) is 0 Å². The molecule has 0 aliphatic heterocycles. The number of nitrogens with zero attached hydrogens (tertiary/aromatic N) is 1. The van der Waals surface area contributed by atoms with Crippen LogP contribution in [0, 0.1) is 0 Å². The molecule has 0 saturated carbocycles. The van der Waals surface area contributed by atoms with Gasteiger partial charge in [-0.1, -0.05) is 20.8 Å². The summed E-state index contributed by atoms with van der Waals surface area (Å²) < 4.78 is 0. The summed E-state index contributed by atoms with van der Waals surface area (Å²) in [6, 6.07) is 0. The predicted molar refractivity (Wildman–Crippen MR) is 65.8 cm³/mol. The molecule has 1 heterocycles. The molecule has 0 aromatic carbocycles. The monoisotopic (exact) mass is 241 g/mol. The Labute approximate surface area is 101 Å². The third-order valence-corrected chi connectivity index (χ3v) is 3.22. The number of aliphatic hydroxyl groups is 1. The highest BCUT2D eigenvalue weighted by Crippen LogP contribution is 2.26. The van der Waals surface area contributed by atoms with Crippen LogP contribution in [0.2, 0.25) is 0 Å². The van der Waals surface area contributed by atoms with Crippen LogP contribution in [-0.4, -0.2) is 22.0 Å². The van der Waals surface area contributed by atoms with Gasteiger partial charge in [0.2, 0.25) is 0 Å². The third-order valence-electron chi connectivity index (χ3n) is 2.38. The summed E-state index contributed by atoms with van der Waals surface area (Å²) in [5, 5.41) is 12.8. The van der Waals surface area contributed by atoms with E-state index in [9.17, 15) is 9.90 Å². The number of aromatic nitrogens is 1. The molecule has 1 N–H and O–H groups in total. The number of thiazole rings is 1. The van der Waals surface area contributed by atoms with Gasteiger partial charge in [0.05, 0.1) is 16.3 Å². The van der Waals surface area contributed by atoms with E-state index in [-0.39, 0.29) is 11.8 Å². The Morgan fingerprint density at radius 1 is 1.44 bits per heavy atom. The highest BCUT2D eigenvalue weighted by Gasteiger charge is 2.24. The van der Waals surface area contributed by atoms with E-state index in [4.69, 9.17) is 0 Å². The summed E-state index contributed by atoms with van der Waals surface area (Å²) in [4.78, 5) is 14.9. The topological polar surface area (TPSA) is 50.2 Å². The lowest BCUT2D eigenvalue weighted by Gasteiger charge is -2.19. The van der Waals surface area contributed by atoms with Crippen LogP contribution in [0.1, 0.15) is 44.8 Å². The molecular formula is C12H19NO2S. The van der Waals surface area contributed by atoms with E-state index in [0.29, 0.717) is 6.42 Å². The molecule has 1 rings (SSSR count). The summed E-state index contributed by atoms with van der Waals surface area (Å²) in [6.45, 7) is 7.99. The van der Waals surface area contributed by atoms with E-state index in [1.54, 1.807) is 18.3 Å². The van der Waals surface area contributed by atoms with Crippen molar-refractivity contribution in [3.8, 4) is 0 Å². The molecule has 1 aromatic heterocycles. The van der Waals surface area contributed by atoms with Crippen molar-refractivity contribution in [2.24, 2.45) is 0 Å². The minimum Gasteiger partial charge on any atom is -0.389 e. The molecule has 0 radical (unpaired) electrons. The van der Waals surface area contributed by atoms with Crippen LogP contribution < -0.4 is 0 Å². The first-order valence-corrected chi connectivity index (χ1v) is 6.23. The molecule has 0 bridgehead atoms. The molecule has 0 spiro atoms. The van der Waals surface area contributed by atoms with Gasteiger partial charge in [-0.15, -0.1) is 11.3 Å². The van der Waals surface area contributed by atoms with Crippen molar-refractivity contribution < 1.29 is 9.90 Å². The van der Waals surface area contributed by atoms with Crippen LogP contribution in [0.3, 0.4) is 0 Å². The zero-order valence-electron chi connectivity index (χ0n) is 10.3. The molecule has 90 valence electrons. The van der Waals surface area contributed by atoms with Gasteiger partial charge in [-0.3, -0.25) is 0 Å². The maximum atomic E-state index is 10.4. The summed E-state index contributed by atoms with van der Waals surface area (Å²) in [5.74, 6) is 0. The minimum absolute atomic E-state index is 0.0330. The normalized spacial score (nSPS) is 15.8. The highest BCUT2D eigenvalue weighted by atomic mass is 32.1. The first-order chi connectivity index (χ1) is 7.24. The SMILES string of the molecule is CC(O)(CC=O)Cc1nc(C(C)(C)C)cs1. The fourth-order valence-corrected chi connectivity index (χ4v) is 2.51. The number of aldehydes is 1. The van der Waals surface area contributed by atoms with E-state index in [0.717, 1.165) is 17.0 Å². The average Bonchev–Trinajstić information content (AvgIpc) is 2.50. The molecule has 1 aromatic rings. The van der Waals surface area contributed by atoms with Crippen LogP contribution >= 0.6 is 11.3 Å². The van der Waals surface area contributed by atoms with Crippen molar-refractivity contribution in [2.75, 3.05) is 0 Å². The number of rotatable bonds is 4. The zero-order valence-corrected chi connectivity index (χ0v) is 11.1. The Morgan fingerprint density at radius 2 is 2.06 bits per heavy atom. The Bertz CT molecular complexity index is 363. The standard InChI is InChI=1S/C12H19NO2S/c1-11(2,3)9-8-16-10(13-9)7-12(4,15)5-6-14/h6,8,15H,5,7H2,1-4H3. The lowest BCUT2D eigenvalue weighted by atomic mass is 9.93. The van der Waals surface area contributed by atoms with Crippen molar-refractivity contribution in [1.29, 1.82) is 0 Å². The smallest absolute Gasteiger partial charge is 0.122 e. The van der Waals surface area contributed by atoms with Crippen molar-refractivity contribution in [2.45, 2.75) is 51.6 Å². The van der Waals surface area contributed by atoms with Crippen LogP contribution in [-0.2, 0) is 16.6 Å². The van der Waals surface area contributed by atoms with Crippen molar-refractivity contribution in [3.63, 3.8) is 0 Å². The van der Waals surface area contributed by atoms with Crippen molar-refractivity contribution in [1.82, 2.24) is 4.98 Å². The minimum atomic E-state index is -0.977. The van der Waals surface area contributed by atoms with Gasteiger partial charge in [0.1, 0.15) is 6.29 Å². The van der Waals surface area contributed by atoms with Gasteiger partial charge in [0.15, 0.2) is 0 Å². The van der Waals surface area contributed by atoms with Gasteiger partial charge in [0, 0.05) is 23.6 Å². The van der Waals surface area contributed by atoms with E-state index in [2.05, 4.69) is 25.8 Å². The van der Waals surface area contributed by atoms with Crippen molar-refractivity contribution in [3.05, 3.63) is 16.1 Å². The Kier molecular flexibility index (Phi) is 3.86. The molecule has 1 atom stereocenters. The quantitative estimate of drug-likeness (QED) is 0.823. The predicted octanol–water partition coefficient (Wildman–Crippen LogP) is 2.32. The van der Waals surface area contributed by atoms with E-state index >= 15 is 0 Å². The van der Waals surface area contributed by atoms with Crippen LogP contribution in [0.4, 0.5) is 0 Å². The molecule has 0 fully saturated rings.